The predicted molar refractivity (Wildman–Crippen MR) is 56.7 cm³/mol. The van der Waals surface area contributed by atoms with E-state index in [1.54, 1.807) is 0 Å². The molecule has 0 aromatic heterocycles. The molecule has 1 nitrogen and oxygen atoms in total. The smallest absolute Gasteiger partial charge is 0.0573 e. The van der Waals surface area contributed by atoms with Gasteiger partial charge in [0.2, 0.25) is 0 Å². The molecule has 0 aromatic rings. The Kier molecular flexibility index (Phi) is 5.45. The maximum Gasteiger partial charge on any atom is 0.0573 e. The molecule has 1 heteroatoms. The molecule has 0 aromatic carbocycles. The molecule has 1 rings (SSSR count). The highest BCUT2D eigenvalue weighted by atomic mass is 16.3. The second-order valence-electron chi connectivity index (χ2n) is 4.47. The molecule has 0 radical (unpaired) electrons. The third-order valence-electron chi connectivity index (χ3n) is 3.06. The monoisotopic (exact) mass is 184 g/mol. The molecule has 1 aliphatic carbocycles. The summed E-state index contributed by atoms with van der Waals surface area (Å²) in [4.78, 5) is 0. The van der Waals surface area contributed by atoms with Gasteiger partial charge in [-0.15, -0.1) is 0 Å². The fourth-order valence-corrected chi connectivity index (χ4v) is 1.91. The molecule has 1 saturated carbocycles. The highest BCUT2D eigenvalue weighted by Gasteiger charge is 2.33. The molecule has 0 aliphatic heterocycles. The molecule has 0 amide bonds. The van der Waals surface area contributed by atoms with Crippen molar-refractivity contribution in [2.75, 3.05) is 0 Å². The molecule has 0 heterocycles. The average Bonchev–Trinajstić information content (AvgIpc) is 2.81. The second kappa shape index (κ2) is 6.42. The van der Waals surface area contributed by atoms with Crippen LogP contribution in [0.4, 0.5) is 0 Å². The van der Waals surface area contributed by atoms with Crippen LogP contribution in [0, 0.1) is 5.92 Å². The van der Waals surface area contributed by atoms with Gasteiger partial charge in [-0.25, -0.2) is 0 Å². The third kappa shape index (κ3) is 5.30. The molecule has 13 heavy (non-hydrogen) atoms. The second-order valence-corrected chi connectivity index (χ2v) is 4.47. The van der Waals surface area contributed by atoms with Crippen LogP contribution >= 0.6 is 0 Å². The molecule has 2 atom stereocenters. The van der Waals surface area contributed by atoms with Crippen LogP contribution in [0.25, 0.3) is 0 Å². The lowest BCUT2D eigenvalue weighted by Crippen LogP contribution is -1.86. The van der Waals surface area contributed by atoms with Gasteiger partial charge in [0.15, 0.2) is 0 Å². The molecule has 0 saturated heterocycles. The zero-order chi connectivity index (χ0) is 9.52. The van der Waals surface area contributed by atoms with Crippen LogP contribution in [0.5, 0.6) is 0 Å². The Morgan fingerprint density at radius 1 is 1.00 bits per heavy atom. The molecule has 78 valence electrons. The normalized spacial score (nSPS) is 26.3. The van der Waals surface area contributed by atoms with Crippen molar-refractivity contribution in [1.29, 1.82) is 0 Å². The van der Waals surface area contributed by atoms with Crippen LogP contribution < -0.4 is 0 Å². The van der Waals surface area contributed by atoms with Crippen molar-refractivity contribution >= 4 is 0 Å². The predicted octanol–water partition coefficient (Wildman–Crippen LogP) is 3.51. The van der Waals surface area contributed by atoms with Crippen LogP contribution in [-0.2, 0) is 0 Å². The van der Waals surface area contributed by atoms with Crippen molar-refractivity contribution < 1.29 is 5.11 Å². The van der Waals surface area contributed by atoms with Crippen molar-refractivity contribution in [1.82, 2.24) is 0 Å². The maximum atomic E-state index is 9.10. The number of hydrogen-bond acceptors (Lipinski definition) is 1. The van der Waals surface area contributed by atoms with Crippen molar-refractivity contribution in [3.8, 4) is 0 Å². The van der Waals surface area contributed by atoms with E-state index in [1.165, 1.54) is 51.4 Å². The zero-order valence-electron chi connectivity index (χ0n) is 8.97. The third-order valence-corrected chi connectivity index (χ3v) is 3.06. The summed E-state index contributed by atoms with van der Waals surface area (Å²) in [7, 11) is 0. The van der Waals surface area contributed by atoms with Crippen molar-refractivity contribution in [3.63, 3.8) is 0 Å². The Balaban J connectivity index is 1.69. The molecular formula is C12H24O. The average molecular weight is 184 g/mol. The Labute approximate surface area is 82.5 Å². The first kappa shape index (κ1) is 11.0. The molecule has 1 N–H and O–H groups in total. The summed E-state index contributed by atoms with van der Waals surface area (Å²) in [6, 6.07) is 0. The van der Waals surface area contributed by atoms with Gasteiger partial charge in [0.25, 0.3) is 0 Å². The SMILES string of the molecule is CCCCCCCCCC1CC1O. The summed E-state index contributed by atoms with van der Waals surface area (Å²) >= 11 is 0. The van der Waals surface area contributed by atoms with E-state index < -0.39 is 0 Å². The molecule has 2 unspecified atom stereocenters. The Hall–Kier alpha value is -0.0400. The minimum atomic E-state index is 0.0695. The van der Waals surface area contributed by atoms with E-state index in [9.17, 15) is 0 Å². The Morgan fingerprint density at radius 3 is 2.08 bits per heavy atom. The van der Waals surface area contributed by atoms with Gasteiger partial charge in [0, 0.05) is 0 Å². The van der Waals surface area contributed by atoms with Gasteiger partial charge < -0.3 is 5.11 Å². The first-order valence-corrected chi connectivity index (χ1v) is 6.02. The first-order valence-electron chi connectivity index (χ1n) is 6.02. The van der Waals surface area contributed by atoms with E-state index in [1.807, 2.05) is 0 Å². The van der Waals surface area contributed by atoms with Gasteiger partial charge >= 0.3 is 0 Å². The number of rotatable bonds is 8. The fourth-order valence-electron chi connectivity index (χ4n) is 1.91. The van der Waals surface area contributed by atoms with Crippen LogP contribution in [0.15, 0.2) is 0 Å². The largest absolute Gasteiger partial charge is 0.393 e. The summed E-state index contributed by atoms with van der Waals surface area (Å²) < 4.78 is 0. The zero-order valence-corrected chi connectivity index (χ0v) is 8.97. The van der Waals surface area contributed by atoms with Crippen molar-refractivity contribution in [2.24, 2.45) is 5.92 Å². The van der Waals surface area contributed by atoms with Gasteiger partial charge in [-0.1, -0.05) is 51.9 Å². The summed E-state index contributed by atoms with van der Waals surface area (Å²) in [6.45, 7) is 2.26. The molecular weight excluding hydrogens is 160 g/mol. The minimum Gasteiger partial charge on any atom is -0.393 e. The van der Waals surface area contributed by atoms with E-state index >= 15 is 0 Å². The van der Waals surface area contributed by atoms with E-state index in [4.69, 9.17) is 5.11 Å². The summed E-state index contributed by atoms with van der Waals surface area (Å²) in [5.41, 5.74) is 0. The molecule has 1 aliphatic rings. The number of aliphatic hydroxyl groups is 1. The summed E-state index contributed by atoms with van der Waals surface area (Å²) in [5.74, 6) is 0.677. The van der Waals surface area contributed by atoms with Crippen LogP contribution in [0.3, 0.4) is 0 Å². The maximum absolute atomic E-state index is 9.10. The lowest BCUT2D eigenvalue weighted by molar-refractivity contribution is 0.255. The van der Waals surface area contributed by atoms with Gasteiger partial charge in [-0.3, -0.25) is 0 Å². The van der Waals surface area contributed by atoms with Crippen LogP contribution in [0.1, 0.15) is 64.7 Å². The highest BCUT2D eigenvalue weighted by molar-refractivity contribution is 4.85. The number of hydrogen-bond donors (Lipinski definition) is 1. The van der Waals surface area contributed by atoms with Crippen LogP contribution in [-0.4, -0.2) is 11.2 Å². The number of aliphatic hydroxyl groups excluding tert-OH is 1. The van der Waals surface area contributed by atoms with Gasteiger partial charge in [-0.2, -0.15) is 0 Å². The quantitative estimate of drug-likeness (QED) is 0.572. The van der Waals surface area contributed by atoms with E-state index in [0.717, 1.165) is 6.42 Å². The van der Waals surface area contributed by atoms with E-state index in [-0.39, 0.29) is 6.10 Å². The summed E-state index contributed by atoms with van der Waals surface area (Å²) in [6.07, 6.45) is 12.1. The van der Waals surface area contributed by atoms with Crippen molar-refractivity contribution in [2.45, 2.75) is 70.8 Å². The standard InChI is InChI=1S/C12H24O/c1-2-3-4-5-6-7-8-9-11-10-12(11)13/h11-13H,2-10H2,1H3. The van der Waals surface area contributed by atoms with E-state index in [0.29, 0.717) is 5.92 Å². The first-order chi connectivity index (χ1) is 6.34. The molecule has 1 fully saturated rings. The highest BCUT2D eigenvalue weighted by Crippen LogP contribution is 2.34. The Morgan fingerprint density at radius 2 is 1.54 bits per heavy atom. The van der Waals surface area contributed by atoms with Gasteiger partial charge in [0.1, 0.15) is 0 Å². The van der Waals surface area contributed by atoms with Gasteiger partial charge in [-0.05, 0) is 18.8 Å². The number of unbranched alkanes of at least 4 members (excludes halogenated alkanes) is 6. The minimum absolute atomic E-state index is 0.0695. The topological polar surface area (TPSA) is 20.2 Å². The lowest BCUT2D eigenvalue weighted by Gasteiger charge is -2.00. The fraction of sp³-hybridized carbons (Fsp3) is 1.00. The summed E-state index contributed by atoms with van der Waals surface area (Å²) in [5, 5.41) is 9.10. The Bertz CT molecular complexity index is 122. The van der Waals surface area contributed by atoms with Gasteiger partial charge in [0.05, 0.1) is 6.10 Å². The molecule has 0 spiro atoms. The van der Waals surface area contributed by atoms with E-state index in [2.05, 4.69) is 6.92 Å². The lowest BCUT2D eigenvalue weighted by atomic mass is 10.1. The molecule has 0 bridgehead atoms. The van der Waals surface area contributed by atoms with Crippen molar-refractivity contribution in [3.05, 3.63) is 0 Å². The van der Waals surface area contributed by atoms with Crippen LogP contribution in [0.2, 0.25) is 0 Å².